The van der Waals surface area contributed by atoms with Crippen molar-refractivity contribution in [2.75, 3.05) is 45.9 Å². The van der Waals surface area contributed by atoms with Gasteiger partial charge in [0.15, 0.2) is 17.6 Å². The van der Waals surface area contributed by atoms with E-state index in [0.717, 1.165) is 63.8 Å². The van der Waals surface area contributed by atoms with E-state index in [1.165, 1.54) is 18.6 Å². The van der Waals surface area contributed by atoms with Gasteiger partial charge in [-0.15, -0.1) is 0 Å². The van der Waals surface area contributed by atoms with Crippen molar-refractivity contribution in [1.82, 2.24) is 15.5 Å². The molecule has 1 aromatic carbocycles. The molecule has 2 saturated heterocycles. The standard InChI is InChI=1S/C22H34F2N4O/c1-3-25-22(26-13-16(2)18-4-5-20(23)21(24)12-18)27-19-6-9-28(10-7-19)14-17-8-11-29-15-17/h4-5,12,16-17,19H,3,6-11,13-15H2,1-2H3,(H2,25,26,27). The van der Waals surface area contributed by atoms with E-state index in [-0.39, 0.29) is 5.92 Å². The Morgan fingerprint density at radius 1 is 1.24 bits per heavy atom. The molecular weight excluding hydrogens is 374 g/mol. The van der Waals surface area contributed by atoms with Crippen LogP contribution in [0.1, 0.15) is 44.6 Å². The average Bonchev–Trinajstić information content (AvgIpc) is 3.22. The van der Waals surface area contributed by atoms with Crippen LogP contribution in [0.3, 0.4) is 0 Å². The molecule has 162 valence electrons. The van der Waals surface area contributed by atoms with E-state index in [4.69, 9.17) is 4.74 Å². The molecule has 0 bridgehead atoms. The molecular formula is C22H34F2N4O. The van der Waals surface area contributed by atoms with Gasteiger partial charge in [0, 0.05) is 51.3 Å². The summed E-state index contributed by atoms with van der Waals surface area (Å²) in [7, 11) is 0. The predicted molar refractivity (Wildman–Crippen MR) is 112 cm³/mol. The number of rotatable bonds is 7. The zero-order chi connectivity index (χ0) is 20.6. The van der Waals surface area contributed by atoms with E-state index in [1.807, 2.05) is 13.8 Å². The maximum Gasteiger partial charge on any atom is 0.191 e. The molecule has 2 atom stereocenters. The first-order valence-corrected chi connectivity index (χ1v) is 10.8. The van der Waals surface area contributed by atoms with Crippen LogP contribution in [-0.4, -0.2) is 62.8 Å². The van der Waals surface area contributed by atoms with Crippen molar-refractivity contribution >= 4 is 5.96 Å². The monoisotopic (exact) mass is 408 g/mol. The van der Waals surface area contributed by atoms with Crippen LogP contribution in [0.4, 0.5) is 8.78 Å². The van der Waals surface area contributed by atoms with Crippen LogP contribution >= 0.6 is 0 Å². The second kappa shape index (κ2) is 10.9. The summed E-state index contributed by atoms with van der Waals surface area (Å²) in [5.74, 6) is -0.123. The lowest BCUT2D eigenvalue weighted by atomic mass is 10.0. The molecule has 3 rings (SSSR count). The maximum absolute atomic E-state index is 13.5. The third-order valence-corrected chi connectivity index (χ3v) is 5.85. The summed E-state index contributed by atoms with van der Waals surface area (Å²) < 4.78 is 32.1. The van der Waals surface area contributed by atoms with Gasteiger partial charge < -0.3 is 20.3 Å². The molecule has 2 N–H and O–H groups in total. The normalized spacial score (nSPS) is 22.6. The molecule has 29 heavy (non-hydrogen) atoms. The molecule has 7 heteroatoms. The molecule has 0 aromatic heterocycles. The first-order valence-electron chi connectivity index (χ1n) is 10.8. The molecule has 0 radical (unpaired) electrons. The van der Waals surface area contributed by atoms with Crippen LogP contribution in [0.25, 0.3) is 0 Å². The Bertz CT molecular complexity index is 671. The smallest absolute Gasteiger partial charge is 0.191 e. The third-order valence-electron chi connectivity index (χ3n) is 5.85. The van der Waals surface area contributed by atoms with E-state index in [1.54, 1.807) is 6.07 Å². The molecule has 2 aliphatic heterocycles. The van der Waals surface area contributed by atoms with Crippen molar-refractivity contribution in [3.63, 3.8) is 0 Å². The van der Waals surface area contributed by atoms with Crippen LogP contribution in [0, 0.1) is 17.6 Å². The highest BCUT2D eigenvalue weighted by Gasteiger charge is 2.24. The molecule has 0 amide bonds. The molecule has 2 unspecified atom stereocenters. The Morgan fingerprint density at radius 2 is 2.03 bits per heavy atom. The van der Waals surface area contributed by atoms with Gasteiger partial charge in [-0.25, -0.2) is 8.78 Å². The molecule has 0 saturated carbocycles. The summed E-state index contributed by atoms with van der Waals surface area (Å²) in [4.78, 5) is 7.23. The number of benzene rings is 1. The van der Waals surface area contributed by atoms with Crippen LogP contribution in [-0.2, 0) is 4.74 Å². The van der Waals surface area contributed by atoms with Gasteiger partial charge in [0.2, 0.25) is 0 Å². The Balaban J connectivity index is 1.48. The number of piperidine rings is 1. The van der Waals surface area contributed by atoms with Gasteiger partial charge in [0.1, 0.15) is 0 Å². The molecule has 2 heterocycles. The minimum atomic E-state index is -0.814. The molecule has 2 aliphatic rings. The minimum Gasteiger partial charge on any atom is -0.381 e. The number of hydrogen-bond acceptors (Lipinski definition) is 3. The van der Waals surface area contributed by atoms with Crippen molar-refractivity contribution in [2.45, 2.75) is 45.1 Å². The van der Waals surface area contributed by atoms with E-state index < -0.39 is 11.6 Å². The molecule has 0 spiro atoms. The highest BCUT2D eigenvalue weighted by Crippen LogP contribution is 2.19. The van der Waals surface area contributed by atoms with Crippen LogP contribution < -0.4 is 10.6 Å². The van der Waals surface area contributed by atoms with Crippen LogP contribution in [0.5, 0.6) is 0 Å². The number of aliphatic imine (C=N–C) groups is 1. The number of halogens is 2. The quantitative estimate of drug-likeness (QED) is 0.538. The number of nitrogens with one attached hydrogen (secondary N) is 2. The third kappa shape index (κ3) is 6.64. The van der Waals surface area contributed by atoms with Gasteiger partial charge in [-0.1, -0.05) is 13.0 Å². The van der Waals surface area contributed by atoms with Crippen molar-refractivity contribution in [3.8, 4) is 0 Å². The first-order chi connectivity index (χ1) is 14.0. The number of guanidine groups is 1. The van der Waals surface area contributed by atoms with Crippen LogP contribution in [0.15, 0.2) is 23.2 Å². The van der Waals surface area contributed by atoms with Gasteiger partial charge in [0.25, 0.3) is 0 Å². The minimum absolute atomic E-state index is 0.0102. The Labute approximate surface area is 172 Å². The SMILES string of the molecule is CCNC(=NCC(C)c1ccc(F)c(F)c1)NC1CCN(CC2CCOC2)CC1. The second-order valence-electron chi connectivity index (χ2n) is 8.24. The predicted octanol–water partition coefficient (Wildman–Crippen LogP) is 3.12. The van der Waals surface area contributed by atoms with Crippen molar-refractivity contribution in [3.05, 3.63) is 35.4 Å². The molecule has 1 aromatic rings. The van der Waals surface area contributed by atoms with E-state index in [2.05, 4.69) is 20.5 Å². The molecule has 5 nitrogen and oxygen atoms in total. The van der Waals surface area contributed by atoms with Crippen molar-refractivity contribution < 1.29 is 13.5 Å². The fraction of sp³-hybridized carbons (Fsp3) is 0.682. The molecule has 0 aliphatic carbocycles. The van der Waals surface area contributed by atoms with Crippen LogP contribution in [0.2, 0.25) is 0 Å². The highest BCUT2D eigenvalue weighted by atomic mass is 19.2. The Morgan fingerprint density at radius 3 is 2.69 bits per heavy atom. The lowest BCUT2D eigenvalue weighted by Crippen LogP contribution is -2.49. The Kier molecular flexibility index (Phi) is 8.24. The van der Waals surface area contributed by atoms with Gasteiger partial charge in [-0.2, -0.15) is 0 Å². The number of likely N-dealkylation sites (tertiary alicyclic amines) is 1. The zero-order valence-electron chi connectivity index (χ0n) is 17.6. The molecule has 2 fully saturated rings. The highest BCUT2D eigenvalue weighted by molar-refractivity contribution is 5.80. The average molecular weight is 409 g/mol. The largest absolute Gasteiger partial charge is 0.381 e. The maximum atomic E-state index is 13.5. The fourth-order valence-corrected chi connectivity index (χ4v) is 4.02. The summed E-state index contributed by atoms with van der Waals surface area (Å²) in [6, 6.07) is 4.48. The summed E-state index contributed by atoms with van der Waals surface area (Å²) in [5.41, 5.74) is 0.757. The lowest BCUT2D eigenvalue weighted by molar-refractivity contribution is 0.150. The number of ether oxygens (including phenoxy) is 1. The fourth-order valence-electron chi connectivity index (χ4n) is 4.02. The van der Waals surface area contributed by atoms with Gasteiger partial charge in [0.05, 0.1) is 6.61 Å². The summed E-state index contributed by atoms with van der Waals surface area (Å²) >= 11 is 0. The second-order valence-corrected chi connectivity index (χ2v) is 8.24. The van der Waals surface area contributed by atoms with Crippen molar-refractivity contribution in [2.24, 2.45) is 10.9 Å². The zero-order valence-corrected chi connectivity index (χ0v) is 17.6. The number of hydrogen-bond donors (Lipinski definition) is 2. The van der Waals surface area contributed by atoms with Gasteiger partial charge in [-0.05, 0) is 49.8 Å². The van der Waals surface area contributed by atoms with Gasteiger partial charge in [-0.3, -0.25) is 4.99 Å². The van der Waals surface area contributed by atoms with Crippen molar-refractivity contribution in [1.29, 1.82) is 0 Å². The van der Waals surface area contributed by atoms with E-state index in [0.29, 0.717) is 18.5 Å². The summed E-state index contributed by atoms with van der Waals surface area (Å²) in [6.45, 7) is 10.5. The van der Waals surface area contributed by atoms with E-state index >= 15 is 0 Å². The Hall–Kier alpha value is -1.73. The summed E-state index contributed by atoms with van der Waals surface area (Å²) in [5, 5.41) is 6.85. The summed E-state index contributed by atoms with van der Waals surface area (Å²) in [6.07, 6.45) is 3.37. The number of nitrogens with zero attached hydrogens (tertiary/aromatic N) is 2. The first kappa shape index (κ1) is 22.0. The topological polar surface area (TPSA) is 48.9 Å². The van der Waals surface area contributed by atoms with E-state index in [9.17, 15) is 8.78 Å². The van der Waals surface area contributed by atoms with Gasteiger partial charge >= 0.3 is 0 Å². The lowest BCUT2D eigenvalue weighted by Gasteiger charge is -2.34.